The molecule has 0 spiro atoms. The topological polar surface area (TPSA) is 70.1 Å². The summed E-state index contributed by atoms with van der Waals surface area (Å²) in [6.45, 7) is 2.03. The van der Waals surface area contributed by atoms with Crippen LogP contribution in [-0.4, -0.2) is 65.8 Å². The first kappa shape index (κ1) is 11.9. The molecule has 0 radical (unpaired) electrons. The van der Waals surface area contributed by atoms with Crippen molar-refractivity contribution in [2.75, 3.05) is 32.8 Å². The van der Waals surface area contributed by atoms with Crippen LogP contribution in [0.1, 0.15) is 6.42 Å². The van der Waals surface area contributed by atoms with E-state index in [1.54, 1.807) is 4.90 Å². The number of ether oxygens (including phenoxy) is 1. The molecule has 1 atom stereocenters. The molecule has 0 aromatic heterocycles. The lowest BCUT2D eigenvalue weighted by Crippen LogP contribution is -2.56. The summed E-state index contributed by atoms with van der Waals surface area (Å²) in [7, 11) is 0. The van der Waals surface area contributed by atoms with Gasteiger partial charge in [-0.15, -0.1) is 0 Å². The van der Waals surface area contributed by atoms with Gasteiger partial charge in [-0.2, -0.15) is 0 Å². The highest BCUT2D eigenvalue weighted by atomic mass is 16.5. The molecular weight excluding hydrogens is 224 g/mol. The molecule has 0 aromatic carbocycles. The van der Waals surface area contributed by atoms with Crippen molar-refractivity contribution in [2.45, 2.75) is 12.5 Å². The summed E-state index contributed by atoms with van der Waals surface area (Å²) in [5, 5.41) is 9.05. The molecule has 0 aliphatic carbocycles. The van der Waals surface area contributed by atoms with Crippen LogP contribution in [0.25, 0.3) is 0 Å². The Hall–Kier alpha value is -1.56. The minimum atomic E-state index is -1.01. The van der Waals surface area contributed by atoms with Crippen LogP contribution in [0.4, 0.5) is 4.79 Å². The van der Waals surface area contributed by atoms with E-state index in [4.69, 9.17) is 9.84 Å². The molecule has 2 aliphatic rings. The second-order valence-corrected chi connectivity index (χ2v) is 4.11. The maximum atomic E-state index is 12.2. The number of carbonyl (C=O) groups excluding carboxylic acids is 1. The molecule has 0 saturated carbocycles. The largest absolute Gasteiger partial charge is 0.480 e. The third-order valence-corrected chi connectivity index (χ3v) is 2.99. The van der Waals surface area contributed by atoms with E-state index in [-0.39, 0.29) is 12.6 Å². The SMILES string of the molecule is O=C(O)C1COCCN1C(=O)N1CC=CCC1. The molecule has 2 aliphatic heterocycles. The number of carboxylic acid groups (broad SMARTS) is 1. The summed E-state index contributed by atoms with van der Waals surface area (Å²) in [5.41, 5.74) is 0. The fraction of sp³-hybridized carbons (Fsp3) is 0.636. The molecule has 2 heterocycles. The van der Waals surface area contributed by atoms with Crippen LogP contribution in [0.2, 0.25) is 0 Å². The van der Waals surface area contributed by atoms with Crippen LogP contribution in [-0.2, 0) is 9.53 Å². The van der Waals surface area contributed by atoms with Crippen LogP contribution in [0, 0.1) is 0 Å². The quantitative estimate of drug-likeness (QED) is 0.662. The number of hydrogen-bond acceptors (Lipinski definition) is 3. The maximum Gasteiger partial charge on any atom is 0.328 e. The average molecular weight is 240 g/mol. The zero-order valence-corrected chi connectivity index (χ0v) is 9.54. The van der Waals surface area contributed by atoms with Crippen molar-refractivity contribution in [1.29, 1.82) is 0 Å². The minimum Gasteiger partial charge on any atom is -0.480 e. The number of amides is 2. The van der Waals surface area contributed by atoms with Gasteiger partial charge < -0.3 is 19.6 Å². The highest BCUT2D eigenvalue weighted by molar-refractivity contribution is 5.83. The monoisotopic (exact) mass is 240 g/mol. The number of aliphatic carboxylic acids is 1. The van der Waals surface area contributed by atoms with E-state index in [1.165, 1.54) is 4.90 Å². The van der Waals surface area contributed by atoms with Gasteiger partial charge in [-0.1, -0.05) is 12.2 Å². The summed E-state index contributed by atoms with van der Waals surface area (Å²) in [6.07, 6.45) is 4.78. The Morgan fingerprint density at radius 2 is 2.12 bits per heavy atom. The zero-order chi connectivity index (χ0) is 12.3. The number of carbonyl (C=O) groups is 2. The molecule has 1 saturated heterocycles. The predicted octanol–water partition coefficient (Wildman–Crippen LogP) is 0.154. The predicted molar refractivity (Wildman–Crippen MR) is 59.7 cm³/mol. The van der Waals surface area contributed by atoms with E-state index in [1.807, 2.05) is 12.2 Å². The van der Waals surface area contributed by atoms with Crippen LogP contribution in [0.3, 0.4) is 0 Å². The minimum absolute atomic E-state index is 0.0742. The highest BCUT2D eigenvalue weighted by Crippen LogP contribution is 2.12. The van der Waals surface area contributed by atoms with E-state index >= 15 is 0 Å². The zero-order valence-electron chi connectivity index (χ0n) is 9.54. The molecule has 2 rings (SSSR count). The van der Waals surface area contributed by atoms with E-state index in [0.29, 0.717) is 26.2 Å². The van der Waals surface area contributed by atoms with Crippen molar-refractivity contribution in [3.63, 3.8) is 0 Å². The van der Waals surface area contributed by atoms with Gasteiger partial charge in [-0.05, 0) is 6.42 Å². The molecule has 0 aromatic rings. The van der Waals surface area contributed by atoms with Gasteiger partial charge in [0.15, 0.2) is 6.04 Å². The summed E-state index contributed by atoms with van der Waals surface area (Å²) in [5.74, 6) is -1.01. The number of nitrogens with zero attached hydrogens (tertiary/aromatic N) is 2. The van der Waals surface area contributed by atoms with Crippen molar-refractivity contribution in [2.24, 2.45) is 0 Å². The fourth-order valence-corrected chi connectivity index (χ4v) is 2.03. The van der Waals surface area contributed by atoms with Crippen molar-refractivity contribution in [3.8, 4) is 0 Å². The van der Waals surface area contributed by atoms with Gasteiger partial charge in [-0.3, -0.25) is 0 Å². The molecule has 1 unspecified atom stereocenters. The first-order chi connectivity index (χ1) is 8.20. The van der Waals surface area contributed by atoms with Gasteiger partial charge in [0.1, 0.15) is 0 Å². The molecule has 1 N–H and O–H groups in total. The van der Waals surface area contributed by atoms with Gasteiger partial charge in [0.05, 0.1) is 13.2 Å². The third-order valence-electron chi connectivity index (χ3n) is 2.99. The van der Waals surface area contributed by atoms with Gasteiger partial charge >= 0.3 is 12.0 Å². The van der Waals surface area contributed by atoms with Crippen molar-refractivity contribution in [3.05, 3.63) is 12.2 Å². The summed E-state index contributed by atoms with van der Waals surface area (Å²) < 4.78 is 5.10. The molecular formula is C11H16N2O4. The second-order valence-electron chi connectivity index (χ2n) is 4.11. The third kappa shape index (κ3) is 2.58. The molecule has 6 heteroatoms. The Labute approximate surface area is 99.4 Å². The van der Waals surface area contributed by atoms with E-state index in [9.17, 15) is 9.59 Å². The molecule has 0 bridgehead atoms. The van der Waals surface area contributed by atoms with Gasteiger partial charge in [0, 0.05) is 19.6 Å². The lowest BCUT2D eigenvalue weighted by molar-refractivity contribution is -0.147. The smallest absolute Gasteiger partial charge is 0.328 e. The Morgan fingerprint density at radius 3 is 2.76 bits per heavy atom. The standard InChI is InChI=1S/C11H16N2O4/c14-10(15)9-8-17-7-6-13(9)11(16)12-4-2-1-3-5-12/h1-2,9H,3-8H2,(H,14,15). The number of hydrogen-bond donors (Lipinski definition) is 1. The average Bonchev–Trinajstić information content (AvgIpc) is 2.39. The molecule has 94 valence electrons. The van der Waals surface area contributed by atoms with Crippen molar-refractivity contribution < 1.29 is 19.4 Å². The Morgan fingerprint density at radius 1 is 1.29 bits per heavy atom. The Bertz CT molecular complexity index is 342. The Kier molecular flexibility index (Phi) is 3.63. The Balaban J connectivity index is 2.05. The van der Waals surface area contributed by atoms with Crippen LogP contribution >= 0.6 is 0 Å². The van der Waals surface area contributed by atoms with Crippen molar-refractivity contribution >= 4 is 12.0 Å². The number of carboxylic acids is 1. The van der Waals surface area contributed by atoms with Crippen LogP contribution in [0.5, 0.6) is 0 Å². The van der Waals surface area contributed by atoms with E-state index in [0.717, 1.165) is 6.42 Å². The molecule has 2 amide bonds. The van der Waals surface area contributed by atoms with Gasteiger partial charge in [0.25, 0.3) is 0 Å². The summed E-state index contributed by atoms with van der Waals surface area (Å²) in [4.78, 5) is 26.3. The van der Waals surface area contributed by atoms with Crippen molar-refractivity contribution in [1.82, 2.24) is 9.80 Å². The second kappa shape index (κ2) is 5.18. The summed E-state index contributed by atoms with van der Waals surface area (Å²) >= 11 is 0. The van der Waals surface area contributed by atoms with E-state index < -0.39 is 12.0 Å². The lowest BCUT2D eigenvalue weighted by atomic mass is 10.2. The summed E-state index contributed by atoms with van der Waals surface area (Å²) in [6, 6.07) is -1.06. The molecule has 17 heavy (non-hydrogen) atoms. The van der Waals surface area contributed by atoms with Gasteiger partial charge in [-0.25, -0.2) is 9.59 Å². The molecule has 1 fully saturated rings. The number of rotatable bonds is 1. The first-order valence-corrected chi connectivity index (χ1v) is 5.71. The first-order valence-electron chi connectivity index (χ1n) is 5.71. The lowest BCUT2D eigenvalue weighted by Gasteiger charge is -2.37. The normalized spacial score (nSPS) is 24.8. The van der Waals surface area contributed by atoms with Crippen LogP contribution in [0.15, 0.2) is 12.2 Å². The number of morpholine rings is 1. The molecule has 6 nitrogen and oxygen atoms in total. The van der Waals surface area contributed by atoms with E-state index in [2.05, 4.69) is 0 Å². The van der Waals surface area contributed by atoms with Gasteiger partial charge in [0.2, 0.25) is 0 Å². The highest BCUT2D eigenvalue weighted by Gasteiger charge is 2.34. The van der Waals surface area contributed by atoms with Crippen LogP contribution < -0.4 is 0 Å². The maximum absolute atomic E-state index is 12.2. The fourth-order valence-electron chi connectivity index (χ4n) is 2.03. The number of urea groups is 1.